The van der Waals surface area contributed by atoms with E-state index in [1.54, 1.807) is 0 Å². The summed E-state index contributed by atoms with van der Waals surface area (Å²) in [6.45, 7) is 1.34. The van der Waals surface area contributed by atoms with E-state index < -0.39 is 23.6 Å². The van der Waals surface area contributed by atoms with Gasteiger partial charge in [0.2, 0.25) is 0 Å². The van der Waals surface area contributed by atoms with E-state index in [2.05, 4.69) is 19.5 Å². The highest BCUT2D eigenvalue weighted by atomic mass is 16.5. The van der Waals surface area contributed by atoms with Gasteiger partial charge in [0.15, 0.2) is 0 Å². The molecule has 0 aromatic rings. The SMILES string of the molecule is COC(=O)C[C@@](C)(NC(=O)OC)C(=O)OC. The second-order valence-electron chi connectivity index (χ2n) is 3.19. The van der Waals surface area contributed by atoms with Crippen LogP contribution in [0.1, 0.15) is 13.3 Å². The van der Waals surface area contributed by atoms with E-state index in [1.165, 1.54) is 14.0 Å². The van der Waals surface area contributed by atoms with Gasteiger partial charge in [-0.05, 0) is 6.92 Å². The molecular weight excluding hydrogens is 218 g/mol. The van der Waals surface area contributed by atoms with Crippen molar-refractivity contribution in [2.75, 3.05) is 21.3 Å². The van der Waals surface area contributed by atoms with E-state index in [1.807, 2.05) is 0 Å². The van der Waals surface area contributed by atoms with Crippen LogP contribution < -0.4 is 5.32 Å². The molecule has 7 nitrogen and oxygen atoms in total. The molecule has 0 aromatic heterocycles. The number of esters is 2. The molecule has 92 valence electrons. The summed E-state index contributed by atoms with van der Waals surface area (Å²) in [5, 5.41) is 2.22. The molecule has 0 aromatic carbocycles. The molecule has 0 aliphatic heterocycles. The molecule has 0 spiro atoms. The third-order valence-electron chi connectivity index (χ3n) is 1.92. The van der Waals surface area contributed by atoms with Crippen LogP contribution in [0.3, 0.4) is 0 Å². The van der Waals surface area contributed by atoms with Gasteiger partial charge in [-0.2, -0.15) is 0 Å². The highest BCUT2D eigenvalue weighted by Crippen LogP contribution is 2.13. The largest absolute Gasteiger partial charge is 0.469 e. The average Bonchev–Trinajstić information content (AvgIpc) is 2.27. The molecule has 1 atom stereocenters. The van der Waals surface area contributed by atoms with Gasteiger partial charge in [-0.3, -0.25) is 4.79 Å². The second-order valence-corrected chi connectivity index (χ2v) is 3.19. The third-order valence-corrected chi connectivity index (χ3v) is 1.92. The van der Waals surface area contributed by atoms with E-state index in [4.69, 9.17) is 0 Å². The number of hydrogen-bond donors (Lipinski definition) is 1. The lowest BCUT2D eigenvalue weighted by Crippen LogP contribution is -2.54. The van der Waals surface area contributed by atoms with Crippen LogP contribution in [-0.4, -0.2) is 44.9 Å². The summed E-state index contributed by atoms with van der Waals surface area (Å²) in [5.41, 5.74) is -1.51. The van der Waals surface area contributed by atoms with Crippen LogP contribution in [0.25, 0.3) is 0 Å². The zero-order chi connectivity index (χ0) is 12.8. The highest BCUT2D eigenvalue weighted by Gasteiger charge is 2.39. The molecule has 0 aliphatic carbocycles. The van der Waals surface area contributed by atoms with Crippen molar-refractivity contribution in [3.63, 3.8) is 0 Å². The van der Waals surface area contributed by atoms with Gasteiger partial charge in [0.25, 0.3) is 0 Å². The zero-order valence-electron chi connectivity index (χ0n) is 9.66. The lowest BCUT2D eigenvalue weighted by atomic mass is 9.98. The summed E-state index contributed by atoms with van der Waals surface area (Å²) in [7, 11) is 3.47. The fourth-order valence-corrected chi connectivity index (χ4v) is 1.03. The van der Waals surface area contributed by atoms with Gasteiger partial charge in [-0.15, -0.1) is 0 Å². The van der Waals surface area contributed by atoms with Crippen LogP contribution >= 0.6 is 0 Å². The van der Waals surface area contributed by atoms with Crippen molar-refractivity contribution in [3.8, 4) is 0 Å². The molecule has 1 N–H and O–H groups in total. The van der Waals surface area contributed by atoms with Crippen molar-refractivity contribution in [3.05, 3.63) is 0 Å². The quantitative estimate of drug-likeness (QED) is 0.535. The summed E-state index contributed by atoms with van der Waals surface area (Å²) in [4.78, 5) is 33.6. The van der Waals surface area contributed by atoms with Crippen LogP contribution in [0.2, 0.25) is 0 Å². The maximum absolute atomic E-state index is 11.4. The van der Waals surface area contributed by atoms with E-state index in [0.29, 0.717) is 0 Å². The number of alkyl carbamates (subject to hydrolysis) is 1. The van der Waals surface area contributed by atoms with Gasteiger partial charge < -0.3 is 19.5 Å². The van der Waals surface area contributed by atoms with Crippen molar-refractivity contribution in [1.82, 2.24) is 5.32 Å². The van der Waals surface area contributed by atoms with Gasteiger partial charge in [0.05, 0.1) is 27.8 Å². The van der Waals surface area contributed by atoms with Gasteiger partial charge in [0, 0.05) is 0 Å². The smallest absolute Gasteiger partial charge is 0.407 e. The molecule has 1 amide bonds. The predicted octanol–water partition coefficient (Wildman–Crippen LogP) is -0.163. The summed E-state index contributed by atoms with van der Waals surface area (Å²) in [5.74, 6) is -1.41. The van der Waals surface area contributed by atoms with Crippen molar-refractivity contribution in [1.29, 1.82) is 0 Å². The van der Waals surface area contributed by atoms with Crippen molar-refractivity contribution in [2.45, 2.75) is 18.9 Å². The Kier molecular flexibility index (Phi) is 5.27. The van der Waals surface area contributed by atoms with Crippen LogP contribution in [0.5, 0.6) is 0 Å². The van der Waals surface area contributed by atoms with Gasteiger partial charge in [-0.25, -0.2) is 9.59 Å². The second kappa shape index (κ2) is 5.94. The Hall–Kier alpha value is -1.79. The van der Waals surface area contributed by atoms with Gasteiger partial charge >= 0.3 is 18.0 Å². The number of methoxy groups -OCH3 is 3. The summed E-state index contributed by atoms with van der Waals surface area (Å²) in [6.07, 6.45) is -1.18. The Labute approximate surface area is 93.0 Å². The number of carbonyl (C=O) groups excluding carboxylic acids is 3. The summed E-state index contributed by atoms with van der Waals surface area (Å²) >= 11 is 0. The van der Waals surface area contributed by atoms with Crippen LogP contribution in [0.15, 0.2) is 0 Å². The average molecular weight is 233 g/mol. The molecule has 0 aliphatic rings. The summed E-state index contributed by atoms with van der Waals surface area (Å²) in [6, 6.07) is 0. The fourth-order valence-electron chi connectivity index (χ4n) is 1.03. The number of nitrogens with one attached hydrogen (secondary N) is 1. The Balaban J connectivity index is 4.81. The Morgan fingerprint density at radius 2 is 1.62 bits per heavy atom. The maximum atomic E-state index is 11.4. The molecule has 0 bridgehead atoms. The van der Waals surface area contributed by atoms with E-state index >= 15 is 0 Å². The van der Waals surface area contributed by atoms with Gasteiger partial charge in [0.1, 0.15) is 5.54 Å². The topological polar surface area (TPSA) is 90.9 Å². The van der Waals surface area contributed by atoms with Gasteiger partial charge in [-0.1, -0.05) is 0 Å². The minimum absolute atomic E-state index is 0.342. The molecule has 0 unspecified atom stereocenters. The van der Waals surface area contributed by atoms with Crippen molar-refractivity contribution in [2.24, 2.45) is 0 Å². The van der Waals surface area contributed by atoms with Crippen LogP contribution in [0.4, 0.5) is 4.79 Å². The molecule has 0 radical (unpaired) electrons. The highest BCUT2D eigenvalue weighted by molar-refractivity contribution is 5.89. The number of carbonyl (C=O) groups is 3. The van der Waals surface area contributed by atoms with Crippen molar-refractivity contribution < 1.29 is 28.6 Å². The molecule has 0 rings (SSSR count). The maximum Gasteiger partial charge on any atom is 0.407 e. The first-order chi connectivity index (χ1) is 7.39. The lowest BCUT2D eigenvalue weighted by molar-refractivity contribution is -0.154. The first kappa shape index (κ1) is 14.2. The molecule has 7 heteroatoms. The monoisotopic (exact) mass is 233 g/mol. The van der Waals surface area contributed by atoms with Crippen LogP contribution in [0, 0.1) is 0 Å². The molecule has 0 saturated carbocycles. The molecule has 0 fully saturated rings. The van der Waals surface area contributed by atoms with Crippen molar-refractivity contribution >= 4 is 18.0 Å². The minimum atomic E-state index is -1.51. The van der Waals surface area contributed by atoms with E-state index in [9.17, 15) is 14.4 Å². The Bertz CT molecular complexity index is 270. The third kappa shape index (κ3) is 3.76. The normalized spacial score (nSPS) is 13.2. The molecular formula is C9H15NO6. The Morgan fingerprint density at radius 1 is 1.06 bits per heavy atom. The Morgan fingerprint density at radius 3 is 2.00 bits per heavy atom. The number of rotatable bonds is 4. The zero-order valence-corrected chi connectivity index (χ0v) is 9.66. The lowest BCUT2D eigenvalue weighted by Gasteiger charge is -2.25. The fraction of sp³-hybridized carbons (Fsp3) is 0.667. The number of ether oxygens (including phenoxy) is 3. The summed E-state index contributed by atoms with van der Waals surface area (Å²) < 4.78 is 13.3. The molecule has 0 saturated heterocycles. The van der Waals surface area contributed by atoms with E-state index in [0.717, 1.165) is 14.2 Å². The first-order valence-corrected chi connectivity index (χ1v) is 4.41. The number of hydrogen-bond acceptors (Lipinski definition) is 6. The molecule has 0 heterocycles. The molecule has 16 heavy (non-hydrogen) atoms. The minimum Gasteiger partial charge on any atom is -0.469 e. The predicted molar refractivity (Wildman–Crippen MR) is 52.6 cm³/mol. The van der Waals surface area contributed by atoms with E-state index in [-0.39, 0.29) is 6.42 Å². The van der Waals surface area contributed by atoms with Crippen LogP contribution in [-0.2, 0) is 23.8 Å². The number of amides is 1. The first-order valence-electron chi connectivity index (χ1n) is 4.41. The standard InChI is InChI=1S/C9H15NO6/c1-9(7(12)15-3,5-6(11)14-2)10-8(13)16-4/h5H2,1-4H3,(H,10,13)/t9-/m1/s1.